The summed E-state index contributed by atoms with van der Waals surface area (Å²) in [6.45, 7) is 1.11. The zero-order valence-corrected chi connectivity index (χ0v) is 10.7. The van der Waals surface area contributed by atoms with Gasteiger partial charge in [-0.05, 0) is 19.8 Å². The molecule has 0 saturated carbocycles. The summed E-state index contributed by atoms with van der Waals surface area (Å²) < 4.78 is 56.9. The van der Waals surface area contributed by atoms with E-state index in [0.717, 1.165) is 0 Å². The molecule has 0 spiro atoms. The summed E-state index contributed by atoms with van der Waals surface area (Å²) in [5.74, 6) is -8.23. The molecule has 20 heavy (non-hydrogen) atoms. The number of hydrogen-bond donors (Lipinski definition) is 2. The van der Waals surface area contributed by atoms with Gasteiger partial charge in [0, 0.05) is 6.07 Å². The highest BCUT2D eigenvalue weighted by molar-refractivity contribution is 5.83. The van der Waals surface area contributed by atoms with E-state index in [1.165, 1.54) is 6.92 Å². The lowest BCUT2D eigenvalue weighted by molar-refractivity contribution is -0.122. The third-order valence-electron chi connectivity index (χ3n) is 2.72. The quantitative estimate of drug-likeness (QED) is 0.475. The molecule has 0 aromatic heterocycles. The summed E-state index contributed by atoms with van der Waals surface area (Å²) in [6.07, 6.45) is 0.205. The van der Waals surface area contributed by atoms with Crippen LogP contribution in [0, 0.1) is 23.3 Å². The van der Waals surface area contributed by atoms with Crippen molar-refractivity contribution in [3.05, 3.63) is 29.3 Å². The summed E-state index contributed by atoms with van der Waals surface area (Å²) in [5.41, 5.74) is 9.28. The highest BCUT2D eigenvalue weighted by atomic mass is 19.2. The summed E-state index contributed by atoms with van der Waals surface area (Å²) >= 11 is 0. The number of benzene rings is 1. The van der Waals surface area contributed by atoms with E-state index in [1.807, 2.05) is 0 Å². The van der Waals surface area contributed by atoms with E-state index in [2.05, 4.69) is 4.74 Å². The number of carbonyl (C=O) groups is 1. The third-order valence-corrected chi connectivity index (χ3v) is 2.72. The Labute approximate surface area is 112 Å². The molecule has 0 fully saturated rings. The minimum absolute atomic E-state index is 0.0849. The number of nitrogens with two attached hydrogens (primary N) is 2. The number of amides is 1. The molecule has 0 saturated heterocycles. The van der Waals surface area contributed by atoms with Crippen molar-refractivity contribution in [1.29, 1.82) is 0 Å². The Morgan fingerprint density at radius 2 is 1.75 bits per heavy atom. The van der Waals surface area contributed by atoms with E-state index < -0.39 is 40.5 Å². The Kier molecular flexibility index (Phi) is 4.93. The Bertz CT molecular complexity index is 494. The molecule has 1 atom stereocenters. The van der Waals surface area contributed by atoms with Gasteiger partial charge in [0.05, 0.1) is 12.1 Å². The van der Waals surface area contributed by atoms with Gasteiger partial charge in [-0.2, -0.15) is 8.78 Å². The number of ether oxygens (including phenoxy) is 1. The summed E-state index contributed by atoms with van der Waals surface area (Å²) in [4.78, 5) is 10.9. The predicted molar refractivity (Wildman–Crippen MR) is 62.8 cm³/mol. The first kappa shape index (κ1) is 16.2. The van der Waals surface area contributed by atoms with Crippen LogP contribution in [0.4, 0.5) is 17.6 Å². The maximum absolute atomic E-state index is 13.2. The van der Waals surface area contributed by atoms with Gasteiger partial charge in [-0.25, -0.2) is 8.78 Å². The van der Waals surface area contributed by atoms with Crippen LogP contribution in [-0.2, 0) is 4.79 Å². The van der Waals surface area contributed by atoms with Crippen LogP contribution < -0.4 is 16.2 Å². The summed E-state index contributed by atoms with van der Waals surface area (Å²) in [6, 6.07) is 0.0849. The van der Waals surface area contributed by atoms with Gasteiger partial charge in [0.2, 0.25) is 17.5 Å². The largest absolute Gasteiger partial charge is 0.487 e. The van der Waals surface area contributed by atoms with Crippen molar-refractivity contribution in [3.8, 4) is 5.75 Å². The van der Waals surface area contributed by atoms with Crippen molar-refractivity contribution < 1.29 is 27.1 Å². The minimum atomic E-state index is -1.62. The molecular weight excluding hydrogens is 280 g/mol. The van der Waals surface area contributed by atoms with E-state index in [0.29, 0.717) is 0 Å². The van der Waals surface area contributed by atoms with E-state index in [9.17, 15) is 22.4 Å². The van der Waals surface area contributed by atoms with E-state index in [4.69, 9.17) is 11.5 Å². The SMILES string of the molecule is CC(N)(CCCOc1c(F)c(F)cc(F)c1F)C(N)=O. The highest BCUT2D eigenvalue weighted by Gasteiger charge is 2.25. The molecule has 4 nitrogen and oxygen atoms in total. The molecule has 0 heterocycles. The number of halogens is 4. The van der Waals surface area contributed by atoms with Gasteiger partial charge in [-0.1, -0.05) is 0 Å². The smallest absolute Gasteiger partial charge is 0.237 e. The minimum Gasteiger partial charge on any atom is -0.487 e. The van der Waals surface area contributed by atoms with Gasteiger partial charge in [0.15, 0.2) is 17.4 Å². The monoisotopic (exact) mass is 294 g/mol. The first-order valence-corrected chi connectivity index (χ1v) is 5.71. The lowest BCUT2D eigenvalue weighted by atomic mass is 9.97. The normalized spacial score (nSPS) is 13.9. The van der Waals surface area contributed by atoms with Gasteiger partial charge in [-0.3, -0.25) is 4.79 Å². The number of carbonyl (C=O) groups excluding carboxylic acids is 1. The average molecular weight is 294 g/mol. The molecule has 1 rings (SSSR count). The number of hydrogen-bond acceptors (Lipinski definition) is 3. The van der Waals surface area contributed by atoms with E-state index in [1.54, 1.807) is 0 Å². The van der Waals surface area contributed by atoms with Gasteiger partial charge >= 0.3 is 0 Å². The van der Waals surface area contributed by atoms with Crippen molar-refractivity contribution in [2.45, 2.75) is 25.3 Å². The highest BCUT2D eigenvalue weighted by Crippen LogP contribution is 2.26. The lowest BCUT2D eigenvalue weighted by Gasteiger charge is -2.20. The van der Waals surface area contributed by atoms with Gasteiger partial charge in [0.25, 0.3) is 0 Å². The molecule has 0 aliphatic carbocycles. The second-order valence-corrected chi connectivity index (χ2v) is 4.53. The Hall–Kier alpha value is -1.83. The molecule has 1 aromatic carbocycles. The molecule has 0 radical (unpaired) electrons. The molecular formula is C12H14F4N2O2. The lowest BCUT2D eigenvalue weighted by Crippen LogP contribution is -2.49. The molecule has 112 valence electrons. The molecule has 0 aliphatic heterocycles. The second-order valence-electron chi connectivity index (χ2n) is 4.53. The number of rotatable bonds is 6. The molecule has 1 unspecified atom stereocenters. The van der Waals surface area contributed by atoms with Crippen molar-refractivity contribution in [2.75, 3.05) is 6.61 Å². The van der Waals surface area contributed by atoms with Crippen LogP contribution in [0.3, 0.4) is 0 Å². The maximum atomic E-state index is 13.2. The summed E-state index contributed by atoms with van der Waals surface area (Å²) in [7, 11) is 0. The van der Waals surface area contributed by atoms with E-state index >= 15 is 0 Å². The van der Waals surface area contributed by atoms with Crippen LogP contribution in [0.15, 0.2) is 6.07 Å². The van der Waals surface area contributed by atoms with Crippen LogP contribution >= 0.6 is 0 Å². The fourth-order valence-corrected chi connectivity index (χ4v) is 1.41. The first-order valence-electron chi connectivity index (χ1n) is 5.71. The van der Waals surface area contributed by atoms with Gasteiger partial charge in [0.1, 0.15) is 0 Å². The molecule has 0 bridgehead atoms. The predicted octanol–water partition coefficient (Wildman–Crippen LogP) is 1.60. The van der Waals surface area contributed by atoms with E-state index in [-0.39, 0.29) is 25.5 Å². The molecule has 1 aromatic rings. The zero-order chi connectivity index (χ0) is 15.5. The van der Waals surface area contributed by atoms with Crippen LogP contribution in [0.1, 0.15) is 19.8 Å². The summed E-state index contributed by atoms with van der Waals surface area (Å²) in [5, 5.41) is 0. The van der Waals surface area contributed by atoms with Crippen molar-refractivity contribution in [3.63, 3.8) is 0 Å². The van der Waals surface area contributed by atoms with Crippen LogP contribution in [0.5, 0.6) is 5.75 Å². The fraction of sp³-hybridized carbons (Fsp3) is 0.417. The number of primary amides is 1. The second kappa shape index (κ2) is 6.08. The van der Waals surface area contributed by atoms with Crippen LogP contribution in [-0.4, -0.2) is 18.1 Å². The molecule has 4 N–H and O–H groups in total. The average Bonchev–Trinajstić information content (AvgIpc) is 2.35. The Balaban J connectivity index is 2.66. The Morgan fingerprint density at radius 3 is 2.20 bits per heavy atom. The van der Waals surface area contributed by atoms with Crippen molar-refractivity contribution in [1.82, 2.24) is 0 Å². The van der Waals surface area contributed by atoms with Crippen molar-refractivity contribution >= 4 is 5.91 Å². The third kappa shape index (κ3) is 3.60. The Morgan fingerprint density at radius 1 is 1.25 bits per heavy atom. The standard InChI is InChI=1S/C12H14F4N2O2/c1-12(18,11(17)19)3-2-4-20-10-8(15)6(13)5-7(14)9(10)16/h5H,2-4,18H2,1H3,(H2,17,19). The maximum Gasteiger partial charge on any atom is 0.237 e. The first-order chi connectivity index (χ1) is 9.16. The fourth-order valence-electron chi connectivity index (χ4n) is 1.41. The zero-order valence-electron chi connectivity index (χ0n) is 10.7. The molecule has 1 amide bonds. The van der Waals surface area contributed by atoms with Gasteiger partial charge in [-0.15, -0.1) is 0 Å². The van der Waals surface area contributed by atoms with Crippen LogP contribution in [0.25, 0.3) is 0 Å². The van der Waals surface area contributed by atoms with Crippen LogP contribution in [0.2, 0.25) is 0 Å². The van der Waals surface area contributed by atoms with Gasteiger partial charge < -0.3 is 16.2 Å². The molecule has 0 aliphatic rings. The molecule has 8 heteroatoms. The van der Waals surface area contributed by atoms with Crippen molar-refractivity contribution in [2.24, 2.45) is 11.5 Å². The topological polar surface area (TPSA) is 78.3 Å².